The predicted molar refractivity (Wildman–Crippen MR) is 88.1 cm³/mol. The molecule has 3 saturated carbocycles. The molecule has 0 spiro atoms. The molecule has 0 unspecified atom stereocenters. The number of hydrogen-bond acceptors (Lipinski definition) is 3. The summed E-state index contributed by atoms with van der Waals surface area (Å²) in [6.07, 6.45) is 2.02. The molecular formula is C17H20BrNO3. The Morgan fingerprint density at radius 2 is 1.91 bits per heavy atom. The zero-order valence-electron chi connectivity index (χ0n) is 13.0. The van der Waals surface area contributed by atoms with Crippen LogP contribution in [0.15, 0.2) is 24.3 Å². The van der Waals surface area contributed by atoms with Gasteiger partial charge in [-0.05, 0) is 48.4 Å². The zero-order valence-corrected chi connectivity index (χ0v) is 14.6. The first-order valence-corrected chi connectivity index (χ1v) is 8.40. The summed E-state index contributed by atoms with van der Waals surface area (Å²) in [5.41, 5.74) is 0.871. The first-order valence-electron chi connectivity index (χ1n) is 7.48. The molecule has 3 aliphatic rings. The molecule has 0 aliphatic heterocycles. The number of alkyl halides is 1. The summed E-state index contributed by atoms with van der Waals surface area (Å²) < 4.78 is 4.67. The van der Waals surface area contributed by atoms with Gasteiger partial charge in [-0.1, -0.05) is 29.8 Å². The Morgan fingerprint density at radius 1 is 1.27 bits per heavy atom. The lowest BCUT2D eigenvalue weighted by Crippen LogP contribution is -2.63. The van der Waals surface area contributed by atoms with Crippen LogP contribution in [0.1, 0.15) is 37.0 Å². The molecule has 3 aliphatic carbocycles. The van der Waals surface area contributed by atoms with Crippen LogP contribution in [-0.2, 0) is 9.53 Å². The molecule has 5 heteroatoms. The van der Waals surface area contributed by atoms with Crippen LogP contribution in [0.25, 0.3) is 0 Å². The normalized spacial score (nSPS) is 31.3. The lowest BCUT2D eigenvalue weighted by Gasteiger charge is -2.57. The largest absolute Gasteiger partial charge is 0.465 e. The number of nitrogens with one attached hydrogen (secondary N) is 1. The van der Waals surface area contributed by atoms with Crippen molar-refractivity contribution in [3.05, 3.63) is 29.8 Å². The van der Waals surface area contributed by atoms with Gasteiger partial charge in [0.1, 0.15) is 0 Å². The van der Waals surface area contributed by atoms with Crippen molar-refractivity contribution in [2.24, 2.45) is 16.7 Å². The molecule has 3 fully saturated rings. The summed E-state index contributed by atoms with van der Waals surface area (Å²) in [6, 6.07) is 6.80. The third-order valence-electron chi connectivity index (χ3n) is 5.72. The van der Waals surface area contributed by atoms with E-state index in [1.165, 1.54) is 7.11 Å². The summed E-state index contributed by atoms with van der Waals surface area (Å²) in [7, 11) is 1.35. The number of amides is 1. The van der Waals surface area contributed by atoms with Gasteiger partial charge in [0.25, 0.3) is 0 Å². The second-order valence-electron chi connectivity index (χ2n) is 6.76. The Kier molecular flexibility index (Phi) is 3.59. The van der Waals surface area contributed by atoms with E-state index >= 15 is 0 Å². The minimum Gasteiger partial charge on any atom is -0.465 e. The molecule has 2 bridgehead atoms. The number of anilines is 1. The minimum atomic E-state index is -0.379. The van der Waals surface area contributed by atoms with Gasteiger partial charge in [-0.3, -0.25) is 4.79 Å². The monoisotopic (exact) mass is 365 g/mol. The molecule has 4 nitrogen and oxygen atoms in total. The highest BCUT2D eigenvalue weighted by Crippen LogP contribution is 2.73. The number of fused-ring (bicyclic) bond motifs is 1. The van der Waals surface area contributed by atoms with Crippen LogP contribution in [0.5, 0.6) is 0 Å². The van der Waals surface area contributed by atoms with Crippen molar-refractivity contribution < 1.29 is 14.3 Å². The number of rotatable bonds is 3. The summed E-state index contributed by atoms with van der Waals surface area (Å²) in [5, 5.41) is 3.01. The van der Waals surface area contributed by atoms with E-state index in [-0.39, 0.29) is 27.5 Å². The average molecular weight is 366 g/mol. The number of halogens is 1. The van der Waals surface area contributed by atoms with Crippen molar-refractivity contribution in [2.75, 3.05) is 12.4 Å². The van der Waals surface area contributed by atoms with Crippen molar-refractivity contribution in [1.82, 2.24) is 0 Å². The summed E-state index contributed by atoms with van der Waals surface area (Å²) in [6.45, 7) is 4.37. The first kappa shape index (κ1) is 15.5. The molecule has 3 atom stereocenters. The Bertz CT molecular complexity index is 625. The SMILES string of the molecule is COC(=O)c1ccc(NC(=O)[C@@]23CC[C@@H]([C@@H]2Br)C3(C)C)cc1. The molecule has 0 aromatic heterocycles. The van der Waals surface area contributed by atoms with Gasteiger partial charge in [-0.25, -0.2) is 4.79 Å². The van der Waals surface area contributed by atoms with Gasteiger partial charge in [-0.2, -0.15) is 0 Å². The number of hydrogen-bond donors (Lipinski definition) is 1. The van der Waals surface area contributed by atoms with Crippen LogP contribution in [-0.4, -0.2) is 23.8 Å². The van der Waals surface area contributed by atoms with E-state index in [0.29, 0.717) is 17.2 Å². The van der Waals surface area contributed by atoms with Gasteiger partial charge in [0.2, 0.25) is 5.91 Å². The summed E-state index contributed by atoms with van der Waals surface area (Å²) in [4.78, 5) is 24.5. The van der Waals surface area contributed by atoms with Gasteiger partial charge in [0, 0.05) is 10.5 Å². The van der Waals surface area contributed by atoms with E-state index < -0.39 is 0 Å². The van der Waals surface area contributed by atoms with Crippen LogP contribution in [0.3, 0.4) is 0 Å². The standard InChI is InChI=1S/C17H20BrNO3/c1-16(2)12-8-9-17(16,13(12)18)15(21)19-11-6-4-10(5-7-11)14(20)22-3/h4-7,12-13H,8-9H2,1-3H3,(H,19,21)/t12-,13-,17+/m0/s1. The quantitative estimate of drug-likeness (QED) is 0.657. The van der Waals surface area contributed by atoms with E-state index in [2.05, 4.69) is 39.8 Å². The number of benzene rings is 1. The highest BCUT2D eigenvalue weighted by molar-refractivity contribution is 9.09. The van der Waals surface area contributed by atoms with E-state index in [0.717, 1.165) is 12.8 Å². The van der Waals surface area contributed by atoms with Crippen LogP contribution in [0, 0.1) is 16.7 Å². The Hall–Kier alpha value is -1.36. The van der Waals surface area contributed by atoms with E-state index in [4.69, 9.17) is 0 Å². The lowest BCUT2D eigenvalue weighted by molar-refractivity contribution is -0.142. The van der Waals surface area contributed by atoms with Gasteiger partial charge in [-0.15, -0.1) is 0 Å². The van der Waals surface area contributed by atoms with E-state index in [1.54, 1.807) is 24.3 Å². The van der Waals surface area contributed by atoms with Crippen molar-refractivity contribution in [3.8, 4) is 0 Å². The van der Waals surface area contributed by atoms with Gasteiger partial charge in [0.15, 0.2) is 0 Å². The summed E-state index contributed by atoms with van der Waals surface area (Å²) >= 11 is 3.72. The zero-order chi connectivity index (χ0) is 16.1. The predicted octanol–water partition coefficient (Wildman–Crippen LogP) is 3.61. The lowest BCUT2D eigenvalue weighted by atomic mass is 9.50. The molecule has 1 aromatic rings. The van der Waals surface area contributed by atoms with Crippen molar-refractivity contribution >= 4 is 33.5 Å². The second kappa shape index (κ2) is 5.08. The van der Waals surface area contributed by atoms with Gasteiger partial charge in [0.05, 0.1) is 18.1 Å². The number of carbonyl (C=O) groups excluding carboxylic acids is 2. The Morgan fingerprint density at radius 3 is 2.36 bits per heavy atom. The van der Waals surface area contributed by atoms with Crippen molar-refractivity contribution in [2.45, 2.75) is 31.5 Å². The van der Waals surface area contributed by atoms with Crippen LogP contribution in [0.4, 0.5) is 5.69 Å². The fourth-order valence-electron chi connectivity index (χ4n) is 4.23. The number of carbonyl (C=O) groups is 2. The van der Waals surface area contributed by atoms with Crippen LogP contribution >= 0.6 is 15.9 Å². The highest BCUT2D eigenvalue weighted by atomic mass is 79.9. The molecule has 1 aromatic carbocycles. The van der Waals surface area contributed by atoms with Gasteiger partial charge >= 0.3 is 5.97 Å². The third kappa shape index (κ3) is 1.87. The highest BCUT2D eigenvalue weighted by Gasteiger charge is 2.73. The number of ether oxygens (including phenoxy) is 1. The molecular weight excluding hydrogens is 346 g/mol. The maximum absolute atomic E-state index is 12.8. The number of methoxy groups -OCH3 is 1. The van der Waals surface area contributed by atoms with E-state index in [1.807, 2.05) is 0 Å². The van der Waals surface area contributed by atoms with Crippen molar-refractivity contribution in [1.29, 1.82) is 0 Å². The van der Waals surface area contributed by atoms with Gasteiger partial charge < -0.3 is 10.1 Å². The molecule has 1 amide bonds. The average Bonchev–Trinajstić information content (AvgIpc) is 3.01. The fourth-order valence-corrected chi connectivity index (χ4v) is 6.18. The maximum Gasteiger partial charge on any atom is 0.337 e. The second-order valence-corrected chi connectivity index (χ2v) is 7.75. The molecule has 0 heterocycles. The molecule has 0 saturated heterocycles. The summed E-state index contributed by atoms with van der Waals surface area (Å²) in [5.74, 6) is 0.259. The molecule has 0 radical (unpaired) electrons. The van der Waals surface area contributed by atoms with Crippen LogP contribution < -0.4 is 5.32 Å². The topological polar surface area (TPSA) is 55.4 Å². The van der Waals surface area contributed by atoms with Crippen LogP contribution in [0.2, 0.25) is 0 Å². The molecule has 1 N–H and O–H groups in total. The number of esters is 1. The van der Waals surface area contributed by atoms with Crippen molar-refractivity contribution in [3.63, 3.8) is 0 Å². The van der Waals surface area contributed by atoms with E-state index in [9.17, 15) is 9.59 Å². The third-order valence-corrected chi connectivity index (χ3v) is 7.14. The molecule has 118 valence electrons. The minimum absolute atomic E-state index is 0.0250. The maximum atomic E-state index is 12.8. The first-order chi connectivity index (χ1) is 10.3. The fraction of sp³-hybridized carbons (Fsp3) is 0.529. The molecule has 4 rings (SSSR count). The Labute approximate surface area is 138 Å². The smallest absolute Gasteiger partial charge is 0.337 e. The Balaban J connectivity index is 1.77. The molecule has 22 heavy (non-hydrogen) atoms.